The lowest BCUT2D eigenvalue weighted by Gasteiger charge is -2.16. The highest BCUT2D eigenvalue weighted by atomic mass is 35.5. The van der Waals surface area contributed by atoms with Gasteiger partial charge in [0.1, 0.15) is 5.82 Å². The first-order valence-electron chi connectivity index (χ1n) is 6.11. The highest BCUT2D eigenvalue weighted by Crippen LogP contribution is 2.41. The van der Waals surface area contributed by atoms with Gasteiger partial charge in [-0.25, -0.2) is 4.98 Å². The standard InChI is InChI=1S/C14H17ClN2O3/c1-18-11-6-9(7-12(19-2)14(11)20-3)10(15)8-13-16-4-5-17-13/h4-7,10H,8H2,1-3H3,(H,16,17). The molecule has 6 heteroatoms. The molecule has 0 radical (unpaired) electrons. The molecule has 0 saturated carbocycles. The summed E-state index contributed by atoms with van der Waals surface area (Å²) in [6.45, 7) is 0. The van der Waals surface area contributed by atoms with Gasteiger partial charge in [-0.2, -0.15) is 0 Å². The molecular weight excluding hydrogens is 280 g/mol. The van der Waals surface area contributed by atoms with E-state index >= 15 is 0 Å². The average molecular weight is 297 g/mol. The van der Waals surface area contributed by atoms with E-state index < -0.39 is 0 Å². The zero-order chi connectivity index (χ0) is 14.5. The summed E-state index contributed by atoms with van der Waals surface area (Å²) in [6, 6.07) is 3.70. The number of rotatable bonds is 6. The van der Waals surface area contributed by atoms with Crippen molar-refractivity contribution >= 4 is 11.6 Å². The van der Waals surface area contributed by atoms with E-state index in [1.807, 2.05) is 12.1 Å². The van der Waals surface area contributed by atoms with Crippen LogP contribution in [-0.2, 0) is 6.42 Å². The van der Waals surface area contributed by atoms with Gasteiger partial charge in [0.2, 0.25) is 5.75 Å². The molecule has 0 aliphatic carbocycles. The van der Waals surface area contributed by atoms with Crippen molar-refractivity contribution in [1.29, 1.82) is 0 Å². The van der Waals surface area contributed by atoms with Crippen LogP contribution in [0.5, 0.6) is 17.2 Å². The Bertz CT molecular complexity index is 533. The van der Waals surface area contributed by atoms with Crippen LogP contribution >= 0.6 is 11.6 Å². The van der Waals surface area contributed by atoms with Crippen LogP contribution in [0.15, 0.2) is 24.5 Å². The summed E-state index contributed by atoms with van der Waals surface area (Å²) in [5.74, 6) is 2.57. The summed E-state index contributed by atoms with van der Waals surface area (Å²) in [5, 5.41) is -0.241. The summed E-state index contributed by atoms with van der Waals surface area (Å²) < 4.78 is 15.9. The minimum absolute atomic E-state index is 0.241. The van der Waals surface area contributed by atoms with E-state index in [1.54, 1.807) is 33.7 Å². The molecule has 0 spiro atoms. The Labute approximate surface area is 122 Å². The number of benzene rings is 1. The lowest BCUT2D eigenvalue weighted by Crippen LogP contribution is -2.01. The van der Waals surface area contributed by atoms with E-state index in [2.05, 4.69) is 9.97 Å². The van der Waals surface area contributed by atoms with Crippen LogP contribution in [0.2, 0.25) is 0 Å². The molecule has 0 saturated heterocycles. The van der Waals surface area contributed by atoms with Gasteiger partial charge in [0.05, 0.1) is 26.7 Å². The summed E-state index contributed by atoms with van der Waals surface area (Å²) in [4.78, 5) is 7.21. The minimum atomic E-state index is -0.241. The molecule has 0 amide bonds. The van der Waals surface area contributed by atoms with Crippen molar-refractivity contribution in [2.24, 2.45) is 0 Å². The lowest BCUT2D eigenvalue weighted by molar-refractivity contribution is 0.323. The molecule has 0 aliphatic rings. The van der Waals surface area contributed by atoms with Crippen molar-refractivity contribution in [3.8, 4) is 17.2 Å². The van der Waals surface area contributed by atoms with Gasteiger partial charge in [-0.1, -0.05) is 0 Å². The van der Waals surface area contributed by atoms with Gasteiger partial charge < -0.3 is 19.2 Å². The van der Waals surface area contributed by atoms with Crippen molar-refractivity contribution in [1.82, 2.24) is 9.97 Å². The maximum atomic E-state index is 6.44. The first-order valence-corrected chi connectivity index (χ1v) is 6.55. The average Bonchev–Trinajstić information content (AvgIpc) is 2.98. The van der Waals surface area contributed by atoms with Gasteiger partial charge in [0.15, 0.2) is 11.5 Å². The van der Waals surface area contributed by atoms with Crippen molar-refractivity contribution in [3.63, 3.8) is 0 Å². The van der Waals surface area contributed by atoms with E-state index in [9.17, 15) is 0 Å². The van der Waals surface area contributed by atoms with Gasteiger partial charge in [-0.15, -0.1) is 11.6 Å². The maximum absolute atomic E-state index is 6.44. The summed E-state index contributed by atoms with van der Waals surface area (Å²) >= 11 is 6.44. The van der Waals surface area contributed by atoms with Gasteiger partial charge >= 0.3 is 0 Å². The number of alkyl halides is 1. The molecule has 1 atom stereocenters. The SMILES string of the molecule is COc1cc(C(Cl)Cc2ncc[nH]2)cc(OC)c1OC. The molecule has 2 aromatic rings. The minimum Gasteiger partial charge on any atom is -0.493 e. The van der Waals surface area contributed by atoms with Gasteiger partial charge in [0, 0.05) is 18.8 Å². The van der Waals surface area contributed by atoms with Crippen molar-refractivity contribution in [3.05, 3.63) is 35.9 Å². The van der Waals surface area contributed by atoms with Crippen molar-refractivity contribution < 1.29 is 14.2 Å². The number of imidazole rings is 1. The first kappa shape index (κ1) is 14.5. The number of halogens is 1. The molecule has 0 bridgehead atoms. The van der Waals surface area contributed by atoms with E-state index in [0.717, 1.165) is 11.4 Å². The molecule has 1 aromatic heterocycles. The van der Waals surface area contributed by atoms with E-state index in [-0.39, 0.29) is 5.38 Å². The van der Waals surface area contributed by atoms with Crippen LogP contribution < -0.4 is 14.2 Å². The Morgan fingerprint density at radius 1 is 1.15 bits per heavy atom. The fourth-order valence-corrected chi connectivity index (χ4v) is 2.25. The third-order valence-corrected chi connectivity index (χ3v) is 3.38. The Morgan fingerprint density at radius 2 is 1.80 bits per heavy atom. The first-order chi connectivity index (χ1) is 9.69. The number of aromatic amines is 1. The number of nitrogens with one attached hydrogen (secondary N) is 1. The van der Waals surface area contributed by atoms with Crippen molar-refractivity contribution in [2.45, 2.75) is 11.8 Å². The molecule has 0 aliphatic heterocycles. The number of hydrogen-bond acceptors (Lipinski definition) is 4. The van der Waals surface area contributed by atoms with Gasteiger partial charge in [0.25, 0.3) is 0 Å². The largest absolute Gasteiger partial charge is 0.493 e. The van der Waals surface area contributed by atoms with E-state index in [1.165, 1.54) is 0 Å². The Hall–Kier alpha value is -1.88. The van der Waals surface area contributed by atoms with Crippen LogP contribution in [0.4, 0.5) is 0 Å². The second-order valence-corrected chi connectivity index (χ2v) is 4.69. The molecule has 5 nitrogen and oxygen atoms in total. The van der Waals surface area contributed by atoms with Crippen LogP contribution in [0.25, 0.3) is 0 Å². The molecule has 1 heterocycles. The molecule has 2 rings (SSSR count). The normalized spacial score (nSPS) is 12.0. The summed E-state index contributed by atoms with van der Waals surface area (Å²) in [5.41, 5.74) is 0.887. The maximum Gasteiger partial charge on any atom is 0.203 e. The molecule has 20 heavy (non-hydrogen) atoms. The zero-order valence-electron chi connectivity index (χ0n) is 11.6. The number of ether oxygens (including phenoxy) is 3. The third kappa shape index (κ3) is 2.99. The van der Waals surface area contributed by atoms with Crippen LogP contribution in [0.1, 0.15) is 16.8 Å². The number of aromatic nitrogens is 2. The fraction of sp³-hybridized carbons (Fsp3) is 0.357. The van der Waals surface area contributed by atoms with Crippen LogP contribution in [0, 0.1) is 0 Å². The molecule has 1 unspecified atom stereocenters. The Morgan fingerprint density at radius 3 is 2.25 bits per heavy atom. The van der Waals surface area contributed by atoms with Gasteiger partial charge in [-0.05, 0) is 17.7 Å². The fourth-order valence-electron chi connectivity index (χ4n) is 1.98. The summed E-state index contributed by atoms with van der Waals surface area (Å²) in [6.07, 6.45) is 4.06. The second-order valence-electron chi connectivity index (χ2n) is 4.17. The highest BCUT2D eigenvalue weighted by Gasteiger charge is 2.18. The van der Waals surface area contributed by atoms with Crippen molar-refractivity contribution in [2.75, 3.05) is 21.3 Å². The Kier molecular flexibility index (Phi) is 4.74. The van der Waals surface area contributed by atoms with Crippen LogP contribution in [0.3, 0.4) is 0 Å². The predicted octanol–water partition coefficient (Wildman–Crippen LogP) is 2.96. The molecule has 1 aromatic carbocycles. The summed E-state index contributed by atoms with van der Waals surface area (Å²) in [7, 11) is 4.73. The lowest BCUT2D eigenvalue weighted by atomic mass is 10.1. The molecular formula is C14H17ClN2O3. The topological polar surface area (TPSA) is 56.4 Å². The number of methoxy groups -OCH3 is 3. The number of hydrogen-bond donors (Lipinski definition) is 1. The Balaban J connectivity index is 2.31. The zero-order valence-corrected chi connectivity index (χ0v) is 12.4. The predicted molar refractivity (Wildman–Crippen MR) is 77.0 cm³/mol. The molecule has 1 N–H and O–H groups in total. The van der Waals surface area contributed by atoms with Crippen LogP contribution in [-0.4, -0.2) is 31.3 Å². The quantitative estimate of drug-likeness (QED) is 0.833. The molecule has 108 valence electrons. The smallest absolute Gasteiger partial charge is 0.203 e. The number of H-pyrrole nitrogens is 1. The second kappa shape index (κ2) is 6.52. The molecule has 0 fully saturated rings. The van der Waals surface area contributed by atoms with E-state index in [4.69, 9.17) is 25.8 Å². The monoisotopic (exact) mass is 296 g/mol. The van der Waals surface area contributed by atoms with Gasteiger partial charge in [-0.3, -0.25) is 0 Å². The number of nitrogens with zero attached hydrogens (tertiary/aromatic N) is 1. The highest BCUT2D eigenvalue weighted by molar-refractivity contribution is 6.21. The van der Waals surface area contributed by atoms with E-state index in [0.29, 0.717) is 23.7 Å². The third-order valence-electron chi connectivity index (χ3n) is 2.98.